The van der Waals surface area contributed by atoms with Crippen molar-refractivity contribution in [1.82, 2.24) is 9.62 Å². The fraction of sp³-hybridized carbons (Fsp3) is 0.500. The third kappa shape index (κ3) is 3.20. The van der Waals surface area contributed by atoms with Crippen LogP contribution in [0, 0.1) is 21.8 Å². The molecule has 1 saturated heterocycles. The topological polar surface area (TPSA) is 92.6 Å². The van der Waals surface area contributed by atoms with Crippen LogP contribution < -0.4 is 5.32 Å². The van der Waals surface area contributed by atoms with Crippen LogP contribution in [0.3, 0.4) is 0 Å². The van der Waals surface area contributed by atoms with Gasteiger partial charge < -0.3 is 5.32 Å². The predicted molar refractivity (Wildman–Crippen MR) is 73.8 cm³/mol. The lowest BCUT2D eigenvalue weighted by molar-refractivity contribution is -0.387. The number of hydrogen-bond acceptors (Lipinski definition) is 5. The molecule has 0 aliphatic carbocycles. The second-order valence-corrected chi connectivity index (χ2v) is 6.88. The van der Waals surface area contributed by atoms with Crippen LogP contribution >= 0.6 is 0 Å². The number of nitro benzene ring substituents is 1. The summed E-state index contributed by atoms with van der Waals surface area (Å²) in [6.45, 7) is 1.44. The van der Waals surface area contributed by atoms with Crippen LogP contribution in [-0.2, 0) is 10.0 Å². The summed E-state index contributed by atoms with van der Waals surface area (Å²) in [5.41, 5.74) is -0.733. The van der Waals surface area contributed by atoms with Gasteiger partial charge in [-0.1, -0.05) is 0 Å². The molecule has 0 bridgehead atoms. The van der Waals surface area contributed by atoms with Crippen LogP contribution in [0.5, 0.6) is 0 Å². The molecule has 1 atom stereocenters. The lowest BCUT2D eigenvalue weighted by atomic mass is 10.1. The first-order chi connectivity index (χ1) is 9.86. The van der Waals surface area contributed by atoms with Gasteiger partial charge in [0, 0.05) is 25.2 Å². The number of hydrogen-bond donors (Lipinski definition) is 1. The zero-order valence-electron chi connectivity index (χ0n) is 11.5. The van der Waals surface area contributed by atoms with Gasteiger partial charge in [0.25, 0.3) is 0 Å². The number of nitro groups is 1. The van der Waals surface area contributed by atoms with Crippen molar-refractivity contribution >= 4 is 15.7 Å². The molecule has 1 aliphatic rings. The first kappa shape index (κ1) is 15.8. The lowest BCUT2D eigenvalue weighted by Gasteiger charge is -2.16. The van der Waals surface area contributed by atoms with E-state index in [0.717, 1.165) is 18.6 Å². The molecule has 116 valence electrons. The van der Waals surface area contributed by atoms with E-state index < -0.39 is 26.5 Å². The first-order valence-corrected chi connectivity index (χ1v) is 7.89. The maximum absolute atomic E-state index is 13.6. The van der Waals surface area contributed by atoms with E-state index in [9.17, 15) is 22.9 Å². The summed E-state index contributed by atoms with van der Waals surface area (Å²) >= 11 is 0. The van der Waals surface area contributed by atoms with Crippen LogP contribution in [0.25, 0.3) is 0 Å². The number of rotatable bonds is 5. The fourth-order valence-electron chi connectivity index (χ4n) is 2.42. The highest BCUT2D eigenvalue weighted by molar-refractivity contribution is 7.89. The quantitative estimate of drug-likeness (QED) is 0.645. The molecule has 0 amide bonds. The molecule has 1 aliphatic heterocycles. The Labute approximate surface area is 122 Å². The van der Waals surface area contributed by atoms with Crippen LogP contribution in [0.15, 0.2) is 23.1 Å². The monoisotopic (exact) mass is 317 g/mol. The summed E-state index contributed by atoms with van der Waals surface area (Å²) in [5.74, 6) is -0.931. The molecular formula is C12H16FN3O4S. The molecule has 1 unspecified atom stereocenters. The van der Waals surface area contributed by atoms with Crippen LogP contribution in [0.2, 0.25) is 0 Å². The summed E-state index contributed by atoms with van der Waals surface area (Å²) in [7, 11) is -2.02. The Morgan fingerprint density at radius 2 is 2.24 bits per heavy atom. The number of benzene rings is 1. The van der Waals surface area contributed by atoms with Gasteiger partial charge in [0.2, 0.25) is 15.8 Å². The fourth-order valence-corrected chi connectivity index (χ4v) is 3.96. The summed E-state index contributed by atoms with van der Waals surface area (Å²) in [5, 5.41) is 13.5. The molecule has 1 fully saturated rings. The van der Waals surface area contributed by atoms with Crippen molar-refractivity contribution in [1.29, 1.82) is 0 Å². The minimum absolute atomic E-state index is 0.215. The number of nitrogens with one attached hydrogen (secondary N) is 1. The highest BCUT2D eigenvalue weighted by Gasteiger charge is 2.33. The van der Waals surface area contributed by atoms with Gasteiger partial charge in [0.15, 0.2) is 0 Å². The minimum atomic E-state index is -3.81. The Morgan fingerprint density at radius 1 is 1.52 bits per heavy atom. The third-order valence-corrected chi connectivity index (χ3v) is 5.36. The standard InChI is InChI=1S/C12H16FN3O4S/c1-14-7-9-4-5-15(8-9)21(19,20)10-2-3-12(16(17)18)11(13)6-10/h2-3,6,9,14H,4-5,7-8H2,1H3. The van der Waals surface area contributed by atoms with Gasteiger partial charge in [0.1, 0.15) is 0 Å². The Kier molecular flexibility index (Phi) is 4.55. The highest BCUT2D eigenvalue weighted by Crippen LogP contribution is 2.27. The van der Waals surface area contributed by atoms with E-state index in [1.165, 1.54) is 4.31 Å². The molecule has 7 nitrogen and oxygen atoms in total. The zero-order valence-corrected chi connectivity index (χ0v) is 12.3. The van der Waals surface area contributed by atoms with Gasteiger partial charge >= 0.3 is 5.69 Å². The van der Waals surface area contributed by atoms with E-state index in [-0.39, 0.29) is 10.8 Å². The summed E-state index contributed by atoms with van der Waals surface area (Å²) in [6.07, 6.45) is 0.732. The normalized spacial score (nSPS) is 19.8. The lowest BCUT2D eigenvalue weighted by Crippen LogP contribution is -2.30. The van der Waals surface area contributed by atoms with Gasteiger partial charge in [-0.2, -0.15) is 8.70 Å². The van der Waals surface area contributed by atoms with Crippen molar-refractivity contribution in [3.8, 4) is 0 Å². The van der Waals surface area contributed by atoms with Crippen molar-refractivity contribution in [3.63, 3.8) is 0 Å². The molecular weight excluding hydrogens is 301 g/mol. The van der Waals surface area contributed by atoms with Crippen LogP contribution in [0.4, 0.5) is 10.1 Å². The van der Waals surface area contributed by atoms with Gasteiger partial charge in [-0.25, -0.2) is 8.42 Å². The van der Waals surface area contributed by atoms with Gasteiger partial charge in [-0.15, -0.1) is 0 Å². The van der Waals surface area contributed by atoms with Crippen molar-refractivity contribution in [2.45, 2.75) is 11.3 Å². The maximum atomic E-state index is 13.6. The van der Waals surface area contributed by atoms with E-state index in [1.807, 2.05) is 0 Å². The summed E-state index contributed by atoms with van der Waals surface area (Å²) in [6, 6.07) is 2.66. The number of nitrogens with zero attached hydrogens (tertiary/aromatic N) is 2. The van der Waals surface area contributed by atoms with Crippen molar-refractivity contribution in [3.05, 3.63) is 34.1 Å². The molecule has 0 spiro atoms. The largest absolute Gasteiger partial charge is 0.319 e. The van der Waals surface area contributed by atoms with Crippen LogP contribution in [-0.4, -0.2) is 44.3 Å². The van der Waals surface area contributed by atoms with E-state index >= 15 is 0 Å². The number of sulfonamides is 1. The molecule has 9 heteroatoms. The predicted octanol–water partition coefficient (Wildman–Crippen LogP) is 0.964. The second-order valence-electron chi connectivity index (χ2n) is 4.95. The summed E-state index contributed by atoms with van der Waals surface area (Å²) < 4.78 is 39.6. The Bertz CT molecular complexity index is 650. The molecule has 0 radical (unpaired) electrons. The van der Waals surface area contributed by atoms with Crippen molar-refractivity contribution in [2.24, 2.45) is 5.92 Å². The first-order valence-electron chi connectivity index (χ1n) is 6.45. The van der Waals surface area contributed by atoms with Crippen LogP contribution in [0.1, 0.15) is 6.42 Å². The number of halogens is 1. The molecule has 0 saturated carbocycles. The van der Waals surface area contributed by atoms with E-state index in [0.29, 0.717) is 25.7 Å². The van der Waals surface area contributed by atoms with Gasteiger partial charge in [-0.05, 0) is 32.0 Å². The molecule has 21 heavy (non-hydrogen) atoms. The highest BCUT2D eigenvalue weighted by atomic mass is 32.2. The Balaban J connectivity index is 2.24. The minimum Gasteiger partial charge on any atom is -0.319 e. The molecule has 2 rings (SSSR count). The van der Waals surface area contributed by atoms with Crippen molar-refractivity contribution < 1.29 is 17.7 Å². The SMILES string of the molecule is CNCC1CCN(S(=O)(=O)c2ccc([N+](=O)[O-])c(F)c2)C1. The average Bonchev–Trinajstić information content (AvgIpc) is 2.88. The molecule has 1 N–H and O–H groups in total. The molecule has 1 aromatic rings. The van der Waals surface area contributed by atoms with E-state index in [2.05, 4.69) is 5.32 Å². The molecule has 0 aromatic heterocycles. The molecule has 1 aromatic carbocycles. The average molecular weight is 317 g/mol. The zero-order chi connectivity index (χ0) is 15.6. The van der Waals surface area contributed by atoms with Crippen molar-refractivity contribution in [2.75, 3.05) is 26.7 Å². The Hall–Kier alpha value is -1.58. The third-order valence-electron chi connectivity index (χ3n) is 3.50. The van der Waals surface area contributed by atoms with Gasteiger partial charge in [0.05, 0.1) is 9.82 Å². The Morgan fingerprint density at radius 3 is 2.81 bits per heavy atom. The van der Waals surface area contributed by atoms with E-state index in [4.69, 9.17) is 0 Å². The summed E-state index contributed by atoms with van der Waals surface area (Å²) in [4.78, 5) is 9.41. The smallest absolute Gasteiger partial charge is 0.304 e. The molecule has 1 heterocycles. The second kappa shape index (κ2) is 6.04. The van der Waals surface area contributed by atoms with Gasteiger partial charge in [-0.3, -0.25) is 10.1 Å². The van der Waals surface area contributed by atoms with E-state index in [1.54, 1.807) is 7.05 Å². The maximum Gasteiger partial charge on any atom is 0.304 e.